The quantitative estimate of drug-likeness (QED) is 0.557. The SMILES string of the molecule is COC(=O)OCOC(=O)c1cnc[nH]1. The first kappa shape index (κ1) is 10.0. The Bertz CT molecular complexity index is 308. The van der Waals surface area contributed by atoms with Gasteiger partial charge in [-0.25, -0.2) is 14.6 Å². The van der Waals surface area contributed by atoms with Gasteiger partial charge in [0.15, 0.2) is 0 Å². The van der Waals surface area contributed by atoms with E-state index >= 15 is 0 Å². The smallest absolute Gasteiger partial charge is 0.438 e. The van der Waals surface area contributed by atoms with E-state index in [1.54, 1.807) is 0 Å². The first-order chi connectivity index (χ1) is 6.74. The van der Waals surface area contributed by atoms with Gasteiger partial charge < -0.3 is 19.2 Å². The van der Waals surface area contributed by atoms with E-state index in [1.807, 2.05) is 0 Å². The van der Waals surface area contributed by atoms with Crippen LogP contribution in [0.15, 0.2) is 12.5 Å². The maximum Gasteiger partial charge on any atom is 0.510 e. The molecule has 0 spiro atoms. The second kappa shape index (κ2) is 4.85. The fraction of sp³-hybridized carbons (Fsp3) is 0.286. The van der Waals surface area contributed by atoms with Crippen molar-refractivity contribution < 1.29 is 23.8 Å². The summed E-state index contributed by atoms with van der Waals surface area (Å²) in [6.07, 6.45) is 1.71. The molecule has 0 radical (unpaired) electrons. The van der Waals surface area contributed by atoms with E-state index in [2.05, 4.69) is 24.2 Å². The number of H-pyrrole nitrogens is 1. The minimum atomic E-state index is -0.914. The number of ether oxygens (including phenoxy) is 3. The lowest BCUT2D eigenvalue weighted by molar-refractivity contribution is -0.0224. The van der Waals surface area contributed by atoms with Crippen LogP contribution < -0.4 is 0 Å². The summed E-state index contributed by atoms with van der Waals surface area (Å²) in [4.78, 5) is 27.6. The van der Waals surface area contributed by atoms with Crippen LogP contribution in [0.4, 0.5) is 4.79 Å². The van der Waals surface area contributed by atoms with Gasteiger partial charge >= 0.3 is 12.1 Å². The molecule has 1 aromatic rings. The van der Waals surface area contributed by atoms with Crippen molar-refractivity contribution in [1.82, 2.24) is 9.97 Å². The molecule has 0 saturated heterocycles. The molecule has 0 aliphatic carbocycles. The fourth-order valence-electron chi connectivity index (χ4n) is 0.635. The monoisotopic (exact) mass is 200 g/mol. The van der Waals surface area contributed by atoms with Gasteiger partial charge in [-0.2, -0.15) is 0 Å². The number of aromatic amines is 1. The highest BCUT2D eigenvalue weighted by molar-refractivity contribution is 5.86. The van der Waals surface area contributed by atoms with Crippen molar-refractivity contribution in [2.24, 2.45) is 0 Å². The lowest BCUT2D eigenvalue weighted by Crippen LogP contribution is -2.12. The average molecular weight is 200 g/mol. The predicted molar refractivity (Wildman–Crippen MR) is 42.4 cm³/mol. The number of hydrogen-bond donors (Lipinski definition) is 1. The Morgan fingerprint density at radius 3 is 2.86 bits per heavy atom. The number of imidazole rings is 1. The number of hydrogen-bond acceptors (Lipinski definition) is 6. The number of methoxy groups -OCH3 is 1. The van der Waals surface area contributed by atoms with Gasteiger partial charge in [0.1, 0.15) is 5.69 Å². The highest BCUT2D eigenvalue weighted by Crippen LogP contribution is 1.95. The van der Waals surface area contributed by atoms with Crippen molar-refractivity contribution in [3.8, 4) is 0 Å². The summed E-state index contributed by atoms with van der Waals surface area (Å²) in [5.74, 6) is -0.661. The van der Waals surface area contributed by atoms with E-state index in [0.717, 1.165) is 7.11 Å². The van der Waals surface area contributed by atoms with Crippen LogP contribution >= 0.6 is 0 Å². The zero-order chi connectivity index (χ0) is 10.4. The molecule has 0 atom stereocenters. The minimum Gasteiger partial charge on any atom is -0.438 e. The van der Waals surface area contributed by atoms with Crippen molar-refractivity contribution in [2.45, 2.75) is 0 Å². The molecule has 0 aromatic carbocycles. The Balaban J connectivity index is 2.26. The highest BCUT2D eigenvalue weighted by Gasteiger charge is 2.09. The van der Waals surface area contributed by atoms with Crippen LogP contribution in [0.1, 0.15) is 10.5 Å². The molecule has 0 amide bonds. The lowest BCUT2D eigenvalue weighted by Gasteiger charge is -2.02. The molecule has 7 heteroatoms. The van der Waals surface area contributed by atoms with Gasteiger partial charge in [0.05, 0.1) is 19.6 Å². The van der Waals surface area contributed by atoms with Crippen molar-refractivity contribution in [1.29, 1.82) is 0 Å². The normalized spacial score (nSPS) is 9.21. The summed E-state index contributed by atoms with van der Waals surface area (Å²) in [5.41, 5.74) is 0.179. The van der Waals surface area contributed by atoms with Crippen LogP contribution in [-0.4, -0.2) is 36.0 Å². The Labute approximate surface area is 79.0 Å². The van der Waals surface area contributed by atoms with Crippen LogP contribution in [0.3, 0.4) is 0 Å². The van der Waals surface area contributed by atoms with E-state index in [0.29, 0.717) is 0 Å². The maximum absolute atomic E-state index is 11.1. The fourth-order valence-corrected chi connectivity index (χ4v) is 0.635. The zero-order valence-electron chi connectivity index (χ0n) is 7.35. The molecule has 0 fully saturated rings. The topological polar surface area (TPSA) is 90.5 Å². The Kier molecular flexibility index (Phi) is 3.48. The molecule has 1 rings (SSSR count). The summed E-state index contributed by atoms with van der Waals surface area (Å²) >= 11 is 0. The maximum atomic E-state index is 11.1. The molecular weight excluding hydrogens is 192 g/mol. The lowest BCUT2D eigenvalue weighted by atomic mass is 10.5. The Morgan fingerprint density at radius 2 is 2.29 bits per heavy atom. The predicted octanol–water partition coefficient (Wildman–Crippen LogP) is 0.307. The van der Waals surface area contributed by atoms with Gasteiger partial charge in [0.25, 0.3) is 0 Å². The van der Waals surface area contributed by atoms with Crippen LogP contribution in [0.5, 0.6) is 0 Å². The molecule has 1 N–H and O–H groups in total. The van der Waals surface area contributed by atoms with Gasteiger partial charge in [-0.1, -0.05) is 0 Å². The second-order valence-electron chi connectivity index (χ2n) is 2.11. The van der Waals surface area contributed by atoms with E-state index in [-0.39, 0.29) is 5.69 Å². The molecule has 0 saturated carbocycles. The van der Waals surface area contributed by atoms with Gasteiger partial charge in [-0.15, -0.1) is 0 Å². The molecule has 7 nitrogen and oxygen atoms in total. The van der Waals surface area contributed by atoms with Gasteiger partial charge in [-0.05, 0) is 0 Å². The molecule has 1 heterocycles. The largest absolute Gasteiger partial charge is 0.510 e. The number of carbonyl (C=O) groups excluding carboxylic acids is 2. The van der Waals surface area contributed by atoms with Crippen molar-refractivity contribution in [2.75, 3.05) is 13.9 Å². The third kappa shape index (κ3) is 2.77. The molecule has 1 aromatic heterocycles. The van der Waals surface area contributed by atoms with Gasteiger partial charge in [-0.3, -0.25) is 0 Å². The highest BCUT2D eigenvalue weighted by atomic mass is 16.8. The number of nitrogens with one attached hydrogen (secondary N) is 1. The Morgan fingerprint density at radius 1 is 1.50 bits per heavy atom. The van der Waals surface area contributed by atoms with Crippen molar-refractivity contribution in [3.05, 3.63) is 18.2 Å². The number of rotatable bonds is 3. The molecule has 14 heavy (non-hydrogen) atoms. The molecule has 76 valence electrons. The molecular formula is C7H8N2O5. The van der Waals surface area contributed by atoms with E-state index < -0.39 is 18.9 Å². The zero-order valence-corrected chi connectivity index (χ0v) is 7.35. The second-order valence-corrected chi connectivity index (χ2v) is 2.11. The third-order valence-electron chi connectivity index (χ3n) is 1.25. The van der Waals surface area contributed by atoms with E-state index in [9.17, 15) is 9.59 Å². The summed E-state index contributed by atoms with van der Waals surface area (Å²) < 4.78 is 13.0. The van der Waals surface area contributed by atoms with Crippen LogP contribution in [0.2, 0.25) is 0 Å². The summed E-state index contributed by atoms with van der Waals surface area (Å²) in [5, 5.41) is 0. The standard InChI is InChI=1S/C7H8N2O5/c1-12-7(11)14-4-13-6(10)5-2-8-3-9-5/h2-3H,4H2,1H3,(H,8,9). The molecule has 0 aliphatic rings. The summed E-state index contributed by atoms with van der Waals surface area (Å²) in [7, 11) is 1.15. The van der Waals surface area contributed by atoms with Gasteiger partial charge in [0, 0.05) is 0 Å². The summed E-state index contributed by atoms with van der Waals surface area (Å²) in [6, 6.07) is 0. The summed E-state index contributed by atoms with van der Waals surface area (Å²) in [6.45, 7) is -0.496. The number of carbonyl (C=O) groups is 2. The first-order valence-electron chi connectivity index (χ1n) is 3.60. The molecule has 0 bridgehead atoms. The third-order valence-corrected chi connectivity index (χ3v) is 1.25. The van der Waals surface area contributed by atoms with Crippen LogP contribution in [0.25, 0.3) is 0 Å². The van der Waals surface area contributed by atoms with Crippen LogP contribution in [0, 0.1) is 0 Å². The van der Waals surface area contributed by atoms with Gasteiger partial charge in [0.2, 0.25) is 6.79 Å². The van der Waals surface area contributed by atoms with Crippen LogP contribution in [-0.2, 0) is 14.2 Å². The minimum absolute atomic E-state index is 0.179. The van der Waals surface area contributed by atoms with E-state index in [4.69, 9.17) is 0 Å². The number of esters is 1. The van der Waals surface area contributed by atoms with Crippen molar-refractivity contribution >= 4 is 12.1 Å². The molecule has 0 unspecified atom stereocenters. The van der Waals surface area contributed by atoms with E-state index in [1.165, 1.54) is 12.5 Å². The Hall–Kier alpha value is -2.05. The average Bonchev–Trinajstić information content (AvgIpc) is 2.70. The first-order valence-corrected chi connectivity index (χ1v) is 3.60. The number of nitrogens with zero attached hydrogens (tertiary/aromatic N) is 1. The number of aromatic nitrogens is 2. The molecule has 0 aliphatic heterocycles. The van der Waals surface area contributed by atoms with Crippen molar-refractivity contribution in [3.63, 3.8) is 0 Å².